The average Bonchev–Trinajstić information content (AvgIpc) is 2.99. The number of rotatable bonds is 6. The molecule has 0 aliphatic heterocycles. The molecule has 7 heteroatoms. The second-order valence-electron chi connectivity index (χ2n) is 5.86. The van der Waals surface area contributed by atoms with Gasteiger partial charge in [0.1, 0.15) is 0 Å². The van der Waals surface area contributed by atoms with Crippen molar-refractivity contribution in [2.45, 2.75) is 32.2 Å². The summed E-state index contributed by atoms with van der Waals surface area (Å²) in [6, 6.07) is 8.72. The Morgan fingerprint density at radius 1 is 1.30 bits per heavy atom. The molecule has 122 valence electrons. The quantitative estimate of drug-likeness (QED) is 0.763. The summed E-state index contributed by atoms with van der Waals surface area (Å²) >= 11 is 0. The fourth-order valence-corrected chi connectivity index (χ4v) is 2.10. The van der Waals surface area contributed by atoms with Crippen molar-refractivity contribution in [3.05, 3.63) is 42.7 Å². The molecule has 1 heterocycles. The van der Waals surface area contributed by atoms with E-state index < -0.39 is 11.5 Å². The summed E-state index contributed by atoms with van der Waals surface area (Å²) in [5.41, 5.74) is 0.852. The predicted molar refractivity (Wildman–Crippen MR) is 86.7 cm³/mol. The van der Waals surface area contributed by atoms with Gasteiger partial charge >= 0.3 is 12.0 Å². The Kier molecular flexibility index (Phi) is 5.00. The van der Waals surface area contributed by atoms with E-state index >= 15 is 0 Å². The summed E-state index contributed by atoms with van der Waals surface area (Å²) in [5.74, 6) is -0.882. The van der Waals surface area contributed by atoms with Crippen LogP contribution in [0.3, 0.4) is 0 Å². The van der Waals surface area contributed by atoms with Crippen LogP contribution in [0, 0.1) is 0 Å². The number of carbonyl (C=O) groups excluding carboxylic acids is 1. The topological polar surface area (TPSA) is 96.3 Å². The largest absolute Gasteiger partial charge is 0.481 e. The molecule has 0 aliphatic rings. The first kappa shape index (κ1) is 16.5. The number of carboxylic acids is 1. The standard InChI is InChI=1S/C16H20N4O3/c1-16(2,8-7-14(21)22)19-15(23)18-12-5-3-6-13(11-12)20-10-4-9-17-20/h3-6,9-11H,7-8H2,1-2H3,(H,21,22)(H2,18,19,23). The van der Waals surface area contributed by atoms with Crippen LogP contribution < -0.4 is 10.6 Å². The molecule has 2 aromatic rings. The third kappa shape index (κ3) is 5.14. The van der Waals surface area contributed by atoms with Gasteiger partial charge < -0.3 is 15.7 Å². The van der Waals surface area contributed by atoms with Crippen LogP contribution in [0.25, 0.3) is 5.69 Å². The number of hydrogen-bond donors (Lipinski definition) is 3. The molecule has 2 rings (SSSR count). The van der Waals surface area contributed by atoms with Gasteiger partial charge in [-0.3, -0.25) is 4.79 Å². The van der Waals surface area contributed by atoms with Crippen molar-refractivity contribution in [2.75, 3.05) is 5.32 Å². The zero-order valence-electron chi connectivity index (χ0n) is 13.1. The van der Waals surface area contributed by atoms with E-state index in [2.05, 4.69) is 15.7 Å². The number of aromatic nitrogens is 2. The van der Waals surface area contributed by atoms with Gasteiger partial charge in [0.25, 0.3) is 0 Å². The van der Waals surface area contributed by atoms with Crippen LogP contribution in [0.15, 0.2) is 42.7 Å². The van der Waals surface area contributed by atoms with Crippen molar-refractivity contribution in [2.24, 2.45) is 0 Å². The number of urea groups is 1. The van der Waals surface area contributed by atoms with Crippen LogP contribution in [0.5, 0.6) is 0 Å². The number of nitrogens with one attached hydrogen (secondary N) is 2. The zero-order valence-corrected chi connectivity index (χ0v) is 13.1. The van der Waals surface area contributed by atoms with Gasteiger partial charge in [-0.2, -0.15) is 5.10 Å². The van der Waals surface area contributed by atoms with Gasteiger partial charge in [0.05, 0.1) is 5.69 Å². The third-order valence-corrected chi connectivity index (χ3v) is 3.29. The van der Waals surface area contributed by atoms with E-state index in [1.165, 1.54) is 0 Å². The highest BCUT2D eigenvalue weighted by Gasteiger charge is 2.21. The molecule has 0 aliphatic carbocycles. The van der Waals surface area contributed by atoms with Crippen LogP contribution in [-0.2, 0) is 4.79 Å². The van der Waals surface area contributed by atoms with Gasteiger partial charge in [-0.05, 0) is 44.5 Å². The zero-order chi connectivity index (χ0) is 16.9. The molecule has 0 unspecified atom stereocenters. The number of nitrogens with zero attached hydrogens (tertiary/aromatic N) is 2. The van der Waals surface area contributed by atoms with Crippen LogP contribution in [0.1, 0.15) is 26.7 Å². The highest BCUT2D eigenvalue weighted by Crippen LogP contribution is 2.15. The van der Waals surface area contributed by atoms with Gasteiger partial charge in [-0.25, -0.2) is 9.48 Å². The van der Waals surface area contributed by atoms with Crippen LogP contribution in [-0.4, -0.2) is 32.4 Å². The molecule has 0 saturated heterocycles. The Hall–Kier alpha value is -2.83. The molecule has 0 atom stereocenters. The molecular weight excluding hydrogens is 296 g/mol. The minimum Gasteiger partial charge on any atom is -0.481 e. The third-order valence-electron chi connectivity index (χ3n) is 3.29. The Morgan fingerprint density at radius 3 is 2.74 bits per heavy atom. The molecule has 0 saturated carbocycles. The molecule has 0 bridgehead atoms. The lowest BCUT2D eigenvalue weighted by molar-refractivity contribution is -0.137. The van der Waals surface area contributed by atoms with Crippen LogP contribution in [0.4, 0.5) is 10.5 Å². The second-order valence-corrected chi connectivity index (χ2v) is 5.86. The lowest BCUT2D eigenvalue weighted by Crippen LogP contribution is -2.45. The van der Waals surface area contributed by atoms with Gasteiger partial charge in [0, 0.05) is 30.0 Å². The summed E-state index contributed by atoms with van der Waals surface area (Å²) < 4.78 is 1.69. The van der Waals surface area contributed by atoms with Gasteiger partial charge in [-0.15, -0.1) is 0 Å². The summed E-state index contributed by atoms with van der Waals surface area (Å²) in [7, 11) is 0. The predicted octanol–water partition coefficient (Wildman–Crippen LogP) is 2.64. The molecular formula is C16H20N4O3. The van der Waals surface area contributed by atoms with Crippen LogP contribution in [0.2, 0.25) is 0 Å². The Labute approximate surface area is 134 Å². The molecule has 2 amide bonds. The maximum absolute atomic E-state index is 12.1. The lowest BCUT2D eigenvalue weighted by atomic mass is 9.99. The van der Waals surface area contributed by atoms with E-state index in [4.69, 9.17) is 5.11 Å². The number of anilines is 1. The first-order valence-electron chi connectivity index (χ1n) is 7.27. The number of carbonyl (C=O) groups is 2. The number of carboxylic acid groups (broad SMARTS) is 1. The highest BCUT2D eigenvalue weighted by atomic mass is 16.4. The van der Waals surface area contributed by atoms with E-state index in [0.717, 1.165) is 5.69 Å². The summed E-state index contributed by atoms with van der Waals surface area (Å²) in [4.78, 5) is 22.7. The molecule has 23 heavy (non-hydrogen) atoms. The lowest BCUT2D eigenvalue weighted by Gasteiger charge is -2.25. The Morgan fingerprint density at radius 2 is 2.09 bits per heavy atom. The number of amides is 2. The molecule has 1 aromatic heterocycles. The molecule has 0 spiro atoms. The maximum Gasteiger partial charge on any atom is 0.319 e. The van der Waals surface area contributed by atoms with E-state index in [0.29, 0.717) is 12.1 Å². The van der Waals surface area contributed by atoms with E-state index in [-0.39, 0.29) is 12.5 Å². The van der Waals surface area contributed by atoms with Crippen molar-refractivity contribution < 1.29 is 14.7 Å². The van der Waals surface area contributed by atoms with Gasteiger partial charge in [0.2, 0.25) is 0 Å². The molecule has 0 fully saturated rings. The monoisotopic (exact) mass is 316 g/mol. The maximum atomic E-state index is 12.1. The first-order chi connectivity index (χ1) is 10.9. The average molecular weight is 316 g/mol. The van der Waals surface area contributed by atoms with Crippen molar-refractivity contribution >= 4 is 17.7 Å². The smallest absolute Gasteiger partial charge is 0.319 e. The fourth-order valence-electron chi connectivity index (χ4n) is 2.10. The summed E-state index contributed by atoms with van der Waals surface area (Å²) in [5, 5.41) is 18.4. The van der Waals surface area contributed by atoms with E-state index in [1.54, 1.807) is 36.9 Å². The second kappa shape index (κ2) is 6.95. The van der Waals surface area contributed by atoms with Gasteiger partial charge in [0.15, 0.2) is 0 Å². The Bertz CT molecular complexity index is 680. The van der Waals surface area contributed by atoms with Crippen molar-refractivity contribution in [3.63, 3.8) is 0 Å². The highest BCUT2D eigenvalue weighted by molar-refractivity contribution is 5.90. The SMILES string of the molecule is CC(C)(CCC(=O)O)NC(=O)Nc1cccc(-n2cccn2)c1. The number of aliphatic carboxylic acids is 1. The minimum absolute atomic E-state index is 0.00205. The fraction of sp³-hybridized carbons (Fsp3) is 0.312. The van der Waals surface area contributed by atoms with Crippen LogP contribution >= 0.6 is 0 Å². The Balaban J connectivity index is 1.98. The summed E-state index contributed by atoms with van der Waals surface area (Å²) in [6.07, 6.45) is 3.84. The normalized spacial score (nSPS) is 11.0. The van der Waals surface area contributed by atoms with Crippen molar-refractivity contribution in [1.82, 2.24) is 15.1 Å². The van der Waals surface area contributed by atoms with Gasteiger partial charge in [-0.1, -0.05) is 6.07 Å². The first-order valence-corrected chi connectivity index (χ1v) is 7.27. The van der Waals surface area contributed by atoms with E-state index in [9.17, 15) is 9.59 Å². The minimum atomic E-state index is -0.882. The molecule has 3 N–H and O–H groups in total. The molecule has 7 nitrogen and oxygen atoms in total. The van der Waals surface area contributed by atoms with Crippen molar-refractivity contribution in [3.8, 4) is 5.69 Å². The van der Waals surface area contributed by atoms with E-state index in [1.807, 2.05) is 24.4 Å². The number of hydrogen-bond acceptors (Lipinski definition) is 3. The molecule has 0 radical (unpaired) electrons. The number of benzene rings is 1. The molecule has 1 aromatic carbocycles. The summed E-state index contributed by atoms with van der Waals surface area (Å²) in [6.45, 7) is 3.57. The van der Waals surface area contributed by atoms with Crippen molar-refractivity contribution in [1.29, 1.82) is 0 Å².